The largest absolute Gasteiger partial charge is 0.586 e. The highest BCUT2D eigenvalue weighted by molar-refractivity contribution is 5.60. The fourth-order valence-electron chi connectivity index (χ4n) is 2.26. The number of halogens is 2. The fraction of sp³-hybridized carbons (Fsp3) is 0.333. The van der Waals surface area contributed by atoms with Gasteiger partial charge in [0.1, 0.15) is 0 Å². The number of benzene rings is 1. The van der Waals surface area contributed by atoms with E-state index in [-0.39, 0.29) is 11.5 Å². The summed E-state index contributed by atoms with van der Waals surface area (Å²) in [6.45, 7) is 4.07. The van der Waals surface area contributed by atoms with Gasteiger partial charge in [0.05, 0.1) is 0 Å². The zero-order valence-corrected chi connectivity index (χ0v) is 12.2. The first-order valence-corrected chi connectivity index (χ1v) is 7.02. The van der Waals surface area contributed by atoms with Crippen LogP contribution in [-0.2, 0) is 12.8 Å². The number of aryl methyl sites for hydroxylation is 2. The van der Waals surface area contributed by atoms with E-state index in [4.69, 9.17) is 0 Å². The summed E-state index contributed by atoms with van der Waals surface area (Å²) in [4.78, 5) is 8.67. The number of aromatic nitrogens is 2. The molecule has 0 spiro atoms. The lowest BCUT2D eigenvalue weighted by Gasteiger charge is -2.09. The first kappa shape index (κ1) is 14.5. The van der Waals surface area contributed by atoms with Crippen LogP contribution >= 0.6 is 0 Å². The highest BCUT2D eigenvalue weighted by atomic mass is 19.3. The molecule has 2 heterocycles. The predicted molar refractivity (Wildman–Crippen MR) is 76.7 cm³/mol. The van der Waals surface area contributed by atoms with Crippen LogP contribution in [0.4, 0.5) is 20.4 Å². The molecule has 1 aromatic carbocycles. The van der Waals surface area contributed by atoms with Gasteiger partial charge >= 0.3 is 6.29 Å². The summed E-state index contributed by atoms with van der Waals surface area (Å²) in [5.74, 6) is 0.405. The van der Waals surface area contributed by atoms with Crippen LogP contribution in [0.15, 0.2) is 24.4 Å². The van der Waals surface area contributed by atoms with Crippen LogP contribution in [0.2, 0.25) is 0 Å². The molecule has 0 atom stereocenters. The smallest absolute Gasteiger partial charge is 0.395 e. The summed E-state index contributed by atoms with van der Waals surface area (Å²) < 4.78 is 34.7. The summed E-state index contributed by atoms with van der Waals surface area (Å²) in [5.41, 5.74) is 2.61. The normalized spacial score (nSPS) is 14.9. The minimum absolute atomic E-state index is 0.00652. The van der Waals surface area contributed by atoms with E-state index >= 15 is 0 Å². The average molecular weight is 307 g/mol. The third kappa shape index (κ3) is 2.79. The highest BCUT2D eigenvalue weighted by Crippen LogP contribution is 2.42. The number of fused-ring (bicyclic) bond motifs is 1. The highest BCUT2D eigenvalue weighted by Gasteiger charge is 2.43. The van der Waals surface area contributed by atoms with Crippen molar-refractivity contribution in [1.82, 2.24) is 9.97 Å². The maximum atomic E-state index is 13.0. The number of nitrogens with zero attached hydrogens (tertiary/aromatic N) is 2. The van der Waals surface area contributed by atoms with Gasteiger partial charge in [0, 0.05) is 23.6 Å². The minimum Gasteiger partial charge on any atom is -0.395 e. The molecule has 5 nitrogen and oxygen atoms in total. The second-order valence-electron chi connectivity index (χ2n) is 4.83. The van der Waals surface area contributed by atoms with Crippen molar-refractivity contribution in [3.05, 3.63) is 35.7 Å². The van der Waals surface area contributed by atoms with E-state index in [2.05, 4.69) is 24.8 Å². The van der Waals surface area contributed by atoms with Gasteiger partial charge in [0.25, 0.3) is 0 Å². The summed E-state index contributed by atoms with van der Waals surface area (Å²) >= 11 is 0. The van der Waals surface area contributed by atoms with E-state index in [0.717, 1.165) is 24.1 Å². The van der Waals surface area contributed by atoms with Crippen molar-refractivity contribution in [2.45, 2.75) is 33.0 Å². The molecule has 1 aliphatic rings. The van der Waals surface area contributed by atoms with E-state index in [1.165, 1.54) is 12.1 Å². The van der Waals surface area contributed by atoms with E-state index in [1.54, 1.807) is 12.3 Å². The average Bonchev–Trinajstić information content (AvgIpc) is 2.80. The van der Waals surface area contributed by atoms with E-state index in [0.29, 0.717) is 11.6 Å². The molecule has 1 aromatic heterocycles. The first-order chi connectivity index (χ1) is 10.5. The number of hydrogen-bond donors (Lipinski definition) is 1. The van der Waals surface area contributed by atoms with Crippen molar-refractivity contribution in [2.75, 3.05) is 5.32 Å². The van der Waals surface area contributed by atoms with E-state index in [9.17, 15) is 8.78 Å². The Kier molecular flexibility index (Phi) is 3.56. The maximum Gasteiger partial charge on any atom is 0.586 e. The van der Waals surface area contributed by atoms with Gasteiger partial charge in [-0.2, -0.15) is 0 Å². The van der Waals surface area contributed by atoms with Crippen LogP contribution in [-0.4, -0.2) is 16.3 Å². The number of hydrogen-bond acceptors (Lipinski definition) is 5. The summed E-state index contributed by atoms with van der Waals surface area (Å²) in [7, 11) is 0. The molecule has 0 radical (unpaired) electrons. The number of anilines is 2. The molecule has 2 aromatic rings. The third-order valence-corrected chi connectivity index (χ3v) is 3.33. The second kappa shape index (κ2) is 5.40. The number of rotatable bonds is 4. The minimum atomic E-state index is -3.62. The van der Waals surface area contributed by atoms with Crippen molar-refractivity contribution < 1.29 is 18.3 Å². The van der Waals surface area contributed by atoms with Gasteiger partial charge < -0.3 is 14.8 Å². The fourth-order valence-corrected chi connectivity index (χ4v) is 2.26. The van der Waals surface area contributed by atoms with Gasteiger partial charge in [0.15, 0.2) is 11.5 Å². The van der Waals surface area contributed by atoms with Gasteiger partial charge in [-0.1, -0.05) is 13.8 Å². The number of alkyl halides is 2. The Morgan fingerprint density at radius 2 is 1.91 bits per heavy atom. The third-order valence-electron chi connectivity index (χ3n) is 3.33. The summed E-state index contributed by atoms with van der Waals surface area (Å²) in [6, 6.07) is 4.45. The number of nitrogens with one attached hydrogen (secondary N) is 1. The van der Waals surface area contributed by atoms with Crippen LogP contribution in [0, 0.1) is 0 Å². The SMILES string of the molecule is CCc1cnc(Nc2ccc3c(c2)OC(F)(F)O3)nc1CC. The molecule has 1 N–H and O–H groups in total. The van der Waals surface area contributed by atoms with Gasteiger partial charge in [0.2, 0.25) is 5.95 Å². The Balaban J connectivity index is 1.83. The quantitative estimate of drug-likeness (QED) is 0.934. The first-order valence-electron chi connectivity index (χ1n) is 7.02. The Hall–Kier alpha value is -2.44. The maximum absolute atomic E-state index is 13.0. The standard InChI is InChI=1S/C15H15F2N3O2/c1-3-9-8-18-14(20-11(9)4-2)19-10-5-6-12-13(7-10)22-15(16,17)21-12/h5-8H,3-4H2,1-2H3,(H,18,19,20). The predicted octanol–water partition coefficient (Wildman–Crippen LogP) is 3.67. The van der Waals surface area contributed by atoms with E-state index < -0.39 is 6.29 Å². The topological polar surface area (TPSA) is 56.3 Å². The second-order valence-corrected chi connectivity index (χ2v) is 4.83. The zero-order valence-electron chi connectivity index (χ0n) is 12.2. The van der Waals surface area contributed by atoms with Crippen molar-refractivity contribution in [3.63, 3.8) is 0 Å². The van der Waals surface area contributed by atoms with Gasteiger partial charge in [-0.05, 0) is 30.5 Å². The van der Waals surface area contributed by atoms with Crippen LogP contribution in [0.1, 0.15) is 25.1 Å². The Morgan fingerprint density at radius 3 is 2.64 bits per heavy atom. The van der Waals surface area contributed by atoms with Gasteiger partial charge in [-0.25, -0.2) is 9.97 Å². The molecule has 0 amide bonds. The van der Waals surface area contributed by atoms with Gasteiger partial charge in [-0.3, -0.25) is 0 Å². The van der Waals surface area contributed by atoms with Crippen molar-refractivity contribution >= 4 is 11.6 Å². The molecule has 0 unspecified atom stereocenters. The van der Waals surface area contributed by atoms with Crippen LogP contribution < -0.4 is 14.8 Å². The number of ether oxygens (including phenoxy) is 2. The molecular weight excluding hydrogens is 292 g/mol. The van der Waals surface area contributed by atoms with Crippen molar-refractivity contribution in [1.29, 1.82) is 0 Å². The zero-order chi connectivity index (χ0) is 15.7. The monoisotopic (exact) mass is 307 g/mol. The van der Waals surface area contributed by atoms with Crippen LogP contribution in [0.3, 0.4) is 0 Å². The van der Waals surface area contributed by atoms with Crippen LogP contribution in [0.5, 0.6) is 11.5 Å². The Bertz CT molecular complexity index is 707. The van der Waals surface area contributed by atoms with Gasteiger partial charge in [-0.15, -0.1) is 8.78 Å². The molecule has 7 heteroatoms. The molecule has 22 heavy (non-hydrogen) atoms. The van der Waals surface area contributed by atoms with Crippen LogP contribution in [0.25, 0.3) is 0 Å². The molecule has 3 rings (SSSR count). The summed E-state index contributed by atoms with van der Waals surface area (Å²) in [5, 5.41) is 2.98. The molecule has 1 aliphatic heterocycles. The lowest BCUT2D eigenvalue weighted by molar-refractivity contribution is -0.286. The van der Waals surface area contributed by atoms with Crippen molar-refractivity contribution in [2.24, 2.45) is 0 Å². The molecular formula is C15H15F2N3O2. The molecule has 0 fully saturated rings. The Labute approximate surface area is 126 Å². The lowest BCUT2D eigenvalue weighted by atomic mass is 10.1. The van der Waals surface area contributed by atoms with E-state index in [1.807, 2.05) is 13.8 Å². The molecule has 0 saturated heterocycles. The molecule has 0 bridgehead atoms. The lowest BCUT2D eigenvalue weighted by Crippen LogP contribution is -2.25. The van der Waals surface area contributed by atoms with Crippen molar-refractivity contribution in [3.8, 4) is 11.5 Å². The molecule has 0 saturated carbocycles. The molecule has 116 valence electrons. The molecule has 0 aliphatic carbocycles. The Morgan fingerprint density at radius 1 is 1.14 bits per heavy atom. The summed E-state index contributed by atoms with van der Waals surface area (Å²) in [6.07, 6.45) is -0.179.